The Bertz CT molecular complexity index is 506. The Morgan fingerprint density at radius 3 is 2.86 bits per heavy atom. The van der Waals surface area contributed by atoms with E-state index in [9.17, 15) is 5.26 Å². The fraction of sp³-hybridized carbons (Fsp3) is 0.588. The van der Waals surface area contributed by atoms with Gasteiger partial charge in [-0.25, -0.2) is 0 Å². The predicted octanol–water partition coefficient (Wildman–Crippen LogP) is 2.20. The third kappa shape index (κ3) is 3.75. The molecule has 0 amide bonds. The van der Waals surface area contributed by atoms with E-state index in [1.165, 1.54) is 0 Å². The molecule has 1 saturated heterocycles. The van der Waals surface area contributed by atoms with Gasteiger partial charge in [0.15, 0.2) is 0 Å². The fourth-order valence-electron chi connectivity index (χ4n) is 3.15. The largest absolute Gasteiger partial charge is 0.366 e. The van der Waals surface area contributed by atoms with Crippen LogP contribution < -0.4 is 10.2 Å². The van der Waals surface area contributed by atoms with Gasteiger partial charge in [0, 0.05) is 25.7 Å². The molecule has 0 aliphatic carbocycles. The molecule has 21 heavy (non-hydrogen) atoms. The van der Waals surface area contributed by atoms with Crippen molar-refractivity contribution in [3.63, 3.8) is 0 Å². The molecule has 0 saturated carbocycles. The topological polar surface area (TPSA) is 42.3 Å². The Kier molecular flexibility index (Phi) is 5.60. The molecule has 1 heterocycles. The molecule has 1 N–H and O–H groups in total. The van der Waals surface area contributed by atoms with Gasteiger partial charge in [0.1, 0.15) is 6.07 Å². The van der Waals surface area contributed by atoms with E-state index in [1.807, 2.05) is 13.1 Å². The molecule has 0 aromatic heterocycles. The zero-order chi connectivity index (χ0) is 15.2. The van der Waals surface area contributed by atoms with Crippen molar-refractivity contribution in [2.24, 2.45) is 0 Å². The first kappa shape index (κ1) is 15.8. The normalized spacial score (nSPS) is 20.1. The van der Waals surface area contributed by atoms with E-state index in [4.69, 9.17) is 0 Å². The third-order valence-corrected chi connectivity index (χ3v) is 4.25. The van der Waals surface area contributed by atoms with Crippen LogP contribution in [0.2, 0.25) is 0 Å². The summed E-state index contributed by atoms with van der Waals surface area (Å²) >= 11 is 0. The molecule has 1 fully saturated rings. The van der Waals surface area contributed by atoms with Crippen LogP contribution in [0.3, 0.4) is 0 Å². The number of hydrogen-bond acceptors (Lipinski definition) is 4. The van der Waals surface area contributed by atoms with Crippen LogP contribution in [0.1, 0.15) is 30.9 Å². The van der Waals surface area contributed by atoms with Crippen LogP contribution in [0.15, 0.2) is 18.2 Å². The van der Waals surface area contributed by atoms with E-state index in [0.717, 1.165) is 55.8 Å². The highest BCUT2D eigenvalue weighted by Gasteiger charge is 2.24. The van der Waals surface area contributed by atoms with E-state index < -0.39 is 0 Å². The highest BCUT2D eigenvalue weighted by atomic mass is 15.2. The van der Waals surface area contributed by atoms with Gasteiger partial charge in [-0.15, -0.1) is 0 Å². The molecule has 1 atom stereocenters. The lowest BCUT2D eigenvalue weighted by atomic mass is 10.1. The molecule has 0 bridgehead atoms. The maximum Gasteiger partial charge on any atom is 0.101 e. The Labute approximate surface area is 128 Å². The van der Waals surface area contributed by atoms with Gasteiger partial charge < -0.3 is 15.1 Å². The minimum atomic E-state index is 0.486. The number of rotatable bonds is 4. The maximum absolute atomic E-state index is 9.52. The molecule has 2 rings (SSSR count). The number of hydrogen-bond donors (Lipinski definition) is 1. The van der Waals surface area contributed by atoms with Gasteiger partial charge in [-0.05, 0) is 51.2 Å². The highest BCUT2D eigenvalue weighted by molar-refractivity contribution is 5.61. The molecule has 1 aliphatic rings. The number of anilines is 1. The van der Waals surface area contributed by atoms with E-state index >= 15 is 0 Å². The molecular formula is C17H26N4. The molecule has 1 unspecified atom stereocenters. The minimum absolute atomic E-state index is 0.486. The van der Waals surface area contributed by atoms with Crippen LogP contribution in [0.4, 0.5) is 5.69 Å². The van der Waals surface area contributed by atoms with Crippen molar-refractivity contribution >= 4 is 5.69 Å². The van der Waals surface area contributed by atoms with Gasteiger partial charge in [-0.1, -0.05) is 13.0 Å². The Hall–Kier alpha value is -1.57. The van der Waals surface area contributed by atoms with Crippen LogP contribution in [0.25, 0.3) is 0 Å². The Morgan fingerprint density at radius 1 is 1.38 bits per heavy atom. The number of likely N-dealkylation sites (N-methyl/N-ethyl adjacent to an activating group) is 1. The first-order chi connectivity index (χ1) is 10.2. The molecule has 4 nitrogen and oxygen atoms in total. The number of nitriles is 1. The summed E-state index contributed by atoms with van der Waals surface area (Å²) in [5, 5.41) is 12.7. The molecule has 0 spiro atoms. The minimum Gasteiger partial charge on any atom is -0.366 e. The summed E-state index contributed by atoms with van der Waals surface area (Å²) in [6, 6.07) is 9.15. The van der Waals surface area contributed by atoms with Gasteiger partial charge in [0.25, 0.3) is 0 Å². The van der Waals surface area contributed by atoms with Crippen molar-refractivity contribution < 1.29 is 0 Å². The second-order valence-corrected chi connectivity index (χ2v) is 5.86. The van der Waals surface area contributed by atoms with Crippen molar-refractivity contribution in [3.8, 4) is 6.07 Å². The number of benzene rings is 1. The highest BCUT2D eigenvalue weighted by Crippen LogP contribution is 2.26. The van der Waals surface area contributed by atoms with Crippen molar-refractivity contribution in [3.05, 3.63) is 29.3 Å². The Morgan fingerprint density at radius 2 is 2.19 bits per heavy atom. The van der Waals surface area contributed by atoms with Crippen LogP contribution in [0.5, 0.6) is 0 Å². The molecule has 1 aromatic rings. The Balaban J connectivity index is 2.32. The van der Waals surface area contributed by atoms with Gasteiger partial charge in [-0.3, -0.25) is 0 Å². The zero-order valence-corrected chi connectivity index (χ0v) is 13.4. The molecule has 4 heteroatoms. The van der Waals surface area contributed by atoms with Crippen LogP contribution >= 0.6 is 0 Å². The number of nitrogens with one attached hydrogen (secondary N) is 1. The molecule has 0 radical (unpaired) electrons. The summed E-state index contributed by atoms with van der Waals surface area (Å²) in [5.74, 6) is 0. The molecule has 114 valence electrons. The van der Waals surface area contributed by atoms with Crippen LogP contribution in [-0.2, 0) is 6.54 Å². The second-order valence-electron chi connectivity index (χ2n) is 5.86. The molecule has 1 aromatic carbocycles. The SMILES string of the molecule is CCC1CN(C)CCCN1c1ccc(CNC)cc1C#N. The monoisotopic (exact) mass is 286 g/mol. The average molecular weight is 286 g/mol. The zero-order valence-electron chi connectivity index (χ0n) is 13.4. The average Bonchev–Trinajstić information content (AvgIpc) is 2.68. The first-order valence-electron chi connectivity index (χ1n) is 7.82. The number of nitrogens with zero attached hydrogens (tertiary/aromatic N) is 3. The lowest BCUT2D eigenvalue weighted by Crippen LogP contribution is -2.40. The van der Waals surface area contributed by atoms with Crippen molar-refractivity contribution in [2.45, 2.75) is 32.4 Å². The van der Waals surface area contributed by atoms with Crippen LogP contribution in [0, 0.1) is 11.3 Å². The van der Waals surface area contributed by atoms with Crippen molar-refractivity contribution in [2.75, 3.05) is 38.6 Å². The predicted molar refractivity (Wildman–Crippen MR) is 87.5 cm³/mol. The third-order valence-electron chi connectivity index (χ3n) is 4.25. The first-order valence-corrected chi connectivity index (χ1v) is 7.82. The van der Waals surface area contributed by atoms with Crippen molar-refractivity contribution in [1.82, 2.24) is 10.2 Å². The van der Waals surface area contributed by atoms with E-state index in [0.29, 0.717) is 6.04 Å². The second kappa shape index (κ2) is 7.44. The van der Waals surface area contributed by atoms with E-state index in [1.54, 1.807) is 0 Å². The molecule has 1 aliphatic heterocycles. The summed E-state index contributed by atoms with van der Waals surface area (Å²) < 4.78 is 0. The maximum atomic E-state index is 9.52. The van der Waals surface area contributed by atoms with Crippen LogP contribution in [-0.4, -0.2) is 44.7 Å². The lowest BCUT2D eigenvalue weighted by molar-refractivity contribution is 0.328. The quantitative estimate of drug-likeness (QED) is 0.921. The summed E-state index contributed by atoms with van der Waals surface area (Å²) in [6.07, 6.45) is 2.25. The van der Waals surface area contributed by atoms with E-state index in [-0.39, 0.29) is 0 Å². The molecular weight excluding hydrogens is 260 g/mol. The van der Waals surface area contributed by atoms with E-state index in [2.05, 4.69) is 47.3 Å². The summed E-state index contributed by atoms with van der Waals surface area (Å²) in [6.45, 7) is 6.27. The summed E-state index contributed by atoms with van der Waals surface area (Å²) in [7, 11) is 4.12. The van der Waals surface area contributed by atoms with Gasteiger partial charge >= 0.3 is 0 Å². The standard InChI is InChI=1S/C17H26N4/c1-4-16-13-20(3)8-5-9-21(16)17-7-6-14(12-19-2)10-15(17)11-18/h6-7,10,16,19H,4-5,8-9,12-13H2,1-3H3. The fourth-order valence-corrected chi connectivity index (χ4v) is 3.15. The lowest BCUT2D eigenvalue weighted by Gasteiger charge is -2.33. The van der Waals surface area contributed by atoms with Gasteiger partial charge in [0.2, 0.25) is 0 Å². The van der Waals surface area contributed by atoms with Gasteiger partial charge in [0.05, 0.1) is 11.3 Å². The summed E-state index contributed by atoms with van der Waals surface area (Å²) in [4.78, 5) is 4.83. The van der Waals surface area contributed by atoms with Gasteiger partial charge in [-0.2, -0.15) is 5.26 Å². The van der Waals surface area contributed by atoms with Crippen molar-refractivity contribution in [1.29, 1.82) is 5.26 Å². The smallest absolute Gasteiger partial charge is 0.101 e. The summed E-state index contributed by atoms with van der Waals surface area (Å²) in [5.41, 5.74) is 3.06.